The van der Waals surface area contributed by atoms with Crippen molar-refractivity contribution in [3.05, 3.63) is 60.4 Å². The van der Waals surface area contributed by atoms with E-state index in [1.165, 1.54) is 22.0 Å². The lowest BCUT2D eigenvalue weighted by molar-refractivity contribution is -0.744. The number of aromatic nitrogens is 2. The SMILES string of the molecule is Cc1c(-n2ccc[n+]2C)ccc2ccccc12. The van der Waals surface area contributed by atoms with Gasteiger partial charge in [-0.25, -0.2) is 0 Å². The second kappa shape index (κ2) is 3.74. The smallest absolute Gasteiger partial charge is 0.128 e. The maximum atomic E-state index is 2.18. The van der Waals surface area contributed by atoms with Crippen molar-refractivity contribution >= 4 is 10.8 Å². The third-order valence-electron chi connectivity index (χ3n) is 3.29. The van der Waals surface area contributed by atoms with Gasteiger partial charge < -0.3 is 0 Å². The molecule has 3 rings (SSSR count). The molecule has 0 spiro atoms. The van der Waals surface area contributed by atoms with Crippen LogP contribution in [-0.4, -0.2) is 4.68 Å². The van der Waals surface area contributed by atoms with Gasteiger partial charge in [0, 0.05) is 6.07 Å². The normalized spacial score (nSPS) is 10.9. The predicted molar refractivity (Wildman–Crippen MR) is 69.2 cm³/mol. The Hall–Kier alpha value is -2.09. The highest BCUT2D eigenvalue weighted by molar-refractivity contribution is 5.88. The minimum Gasteiger partial charge on any atom is -0.128 e. The molecular formula is C15H15N2+. The Balaban J connectivity index is 2.32. The molecule has 3 aromatic rings. The van der Waals surface area contributed by atoms with E-state index in [2.05, 4.69) is 78.2 Å². The fraction of sp³-hybridized carbons (Fsp3) is 0.133. The molecule has 0 aliphatic rings. The zero-order valence-electron chi connectivity index (χ0n) is 10.1. The van der Waals surface area contributed by atoms with Crippen LogP contribution in [0.4, 0.5) is 0 Å². The van der Waals surface area contributed by atoms with Crippen LogP contribution in [0.25, 0.3) is 16.5 Å². The zero-order chi connectivity index (χ0) is 11.8. The van der Waals surface area contributed by atoms with Gasteiger partial charge in [0.05, 0.1) is 6.20 Å². The van der Waals surface area contributed by atoms with E-state index in [0.717, 1.165) is 0 Å². The summed E-state index contributed by atoms with van der Waals surface area (Å²) >= 11 is 0. The zero-order valence-corrected chi connectivity index (χ0v) is 10.1. The highest BCUT2D eigenvalue weighted by Crippen LogP contribution is 2.23. The van der Waals surface area contributed by atoms with E-state index in [9.17, 15) is 0 Å². The molecular weight excluding hydrogens is 208 g/mol. The van der Waals surface area contributed by atoms with Crippen molar-refractivity contribution in [2.75, 3.05) is 0 Å². The van der Waals surface area contributed by atoms with Crippen molar-refractivity contribution in [2.45, 2.75) is 6.92 Å². The lowest BCUT2D eigenvalue weighted by Crippen LogP contribution is -2.36. The number of rotatable bonds is 1. The van der Waals surface area contributed by atoms with Gasteiger partial charge in [-0.05, 0) is 29.3 Å². The van der Waals surface area contributed by atoms with Crippen LogP contribution in [-0.2, 0) is 7.05 Å². The van der Waals surface area contributed by atoms with E-state index in [4.69, 9.17) is 0 Å². The van der Waals surface area contributed by atoms with Gasteiger partial charge in [0.25, 0.3) is 0 Å². The summed E-state index contributed by atoms with van der Waals surface area (Å²) in [7, 11) is 2.05. The Morgan fingerprint density at radius 1 is 1.00 bits per heavy atom. The van der Waals surface area contributed by atoms with E-state index < -0.39 is 0 Å². The van der Waals surface area contributed by atoms with Crippen molar-refractivity contribution in [1.82, 2.24) is 4.68 Å². The van der Waals surface area contributed by atoms with Crippen LogP contribution in [0.2, 0.25) is 0 Å². The molecule has 1 aromatic heterocycles. The second-order valence-electron chi connectivity index (χ2n) is 4.34. The van der Waals surface area contributed by atoms with Crippen molar-refractivity contribution in [3.8, 4) is 5.69 Å². The first-order valence-electron chi connectivity index (χ1n) is 5.79. The fourth-order valence-corrected chi connectivity index (χ4v) is 2.34. The second-order valence-corrected chi connectivity index (χ2v) is 4.34. The van der Waals surface area contributed by atoms with Crippen LogP contribution in [0.3, 0.4) is 0 Å². The number of hydrogen-bond donors (Lipinski definition) is 0. The summed E-state index contributed by atoms with van der Waals surface area (Å²) in [5, 5.41) is 2.61. The maximum Gasteiger partial charge on any atom is 0.195 e. The number of benzene rings is 2. The van der Waals surface area contributed by atoms with Gasteiger partial charge in [-0.2, -0.15) is 0 Å². The molecule has 0 N–H and O–H groups in total. The Labute approximate surface area is 101 Å². The van der Waals surface area contributed by atoms with Gasteiger partial charge in [-0.15, -0.1) is 9.36 Å². The molecule has 2 aromatic carbocycles. The van der Waals surface area contributed by atoms with Crippen LogP contribution < -0.4 is 4.68 Å². The molecule has 0 saturated heterocycles. The number of nitrogens with zero attached hydrogens (tertiary/aromatic N) is 2. The van der Waals surface area contributed by atoms with Crippen molar-refractivity contribution in [1.29, 1.82) is 0 Å². The van der Waals surface area contributed by atoms with Gasteiger partial charge in [0.15, 0.2) is 13.2 Å². The van der Waals surface area contributed by atoms with Crippen LogP contribution in [0.5, 0.6) is 0 Å². The van der Waals surface area contributed by atoms with Crippen LogP contribution >= 0.6 is 0 Å². The molecule has 0 amide bonds. The van der Waals surface area contributed by atoms with Crippen LogP contribution in [0.1, 0.15) is 5.56 Å². The Bertz CT molecular complexity index is 680. The largest absolute Gasteiger partial charge is 0.195 e. The van der Waals surface area contributed by atoms with Crippen molar-refractivity contribution in [3.63, 3.8) is 0 Å². The molecule has 0 unspecified atom stereocenters. The first kappa shape index (κ1) is 10.1. The van der Waals surface area contributed by atoms with E-state index in [1.807, 2.05) is 0 Å². The summed E-state index contributed by atoms with van der Waals surface area (Å²) < 4.78 is 4.23. The first-order chi connectivity index (χ1) is 8.27. The van der Waals surface area contributed by atoms with Crippen LogP contribution in [0, 0.1) is 6.92 Å². The number of aryl methyl sites for hydroxylation is 2. The lowest BCUT2D eigenvalue weighted by Gasteiger charge is -2.08. The standard InChI is InChI=1S/C15H15N2/c1-12-14-7-4-3-6-13(14)8-9-15(12)17-11-5-10-16(17)2/h3-11H,1-2H3/q+1. The molecule has 0 saturated carbocycles. The quantitative estimate of drug-likeness (QED) is 0.561. The fourth-order valence-electron chi connectivity index (χ4n) is 2.34. The molecule has 0 atom stereocenters. The molecule has 84 valence electrons. The van der Waals surface area contributed by atoms with E-state index >= 15 is 0 Å². The molecule has 1 heterocycles. The molecule has 0 aliphatic carbocycles. The van der Waals surface area contributed by atoms with Gasteiger partial charge in [-0.1, -0.05) is 30.3 Å². The topological polar surface area (TPSA) is 8.81 Å². The number of fused-ring (bicyclic) bond motifs is 1. The maximum absolute atomic E-state index is 2.18. The third kappa shape index (κ3) is 1.53. The van der Waals surface area contributed by atoms with Gasteiger partial charge in [-0.3, -0.25) is 0 Å². The predicted octanol–water partition coefficient (Wildman–Crippen LogP) is 2.76. The molecule has 2 heteroatoms. The Kier molecular flexibility index (Phi) is 2.22. The molecule has 2 nitrogen and oxygen atoms in total. The first-order valence-corrected chi connectivity index (χ1v) is 5.79. The van der Waals surface area contributed by atoms with Gasteiger partial charge in [0.1, 0.15) is 5.69 Å². The molecule has 17 heavy (non-hydrogen) atoms. The van der Waals surface area contributed by atoms with E-state index in [0.29, 0.717) is 0 Å². The molecule has 0 bridgehead atoms. The van der Waals surface area contributed by atoms with Gasteiger partial charge in [0.2, 0.25) is 0 Å². The molecule has 0 fully saturated rings. The lowest BCUT2D eigenvalue weighted by atomic mass is 10.0. The Morgan fingerprint density at radius 3 is 2.59 bits per heavy atom. The summed E-state index contributed by atoms with van der Waals surface area (Å²) in [5.74, 6) is 0. The number of hydrogen-bond acceptors (Lipinski definition) is 0. The van der Waals surface area contributed by atoms with Crippen LogP contribution in [0.15, 0.2) is 54.9 Å². The average Bonchev–Trinajstić information content (AvgIpc) is 2.76. The summed E-state index contributed by atoms with van der Waals surface area (Å²) in [4.78, 5) is 0. The highest BCUT2D eigenvalue weighted by Gasteiger charge is 2.10. The van der Waals surface area contributed by atoms with Crippen molar-refractivity contribution < 1.29 is 4.68 Å². The molecule has 0 radical (unpaired) electrons. The van der Waals surface area contributed by atoms with Crippen molar-refractivity contribution in [2.24, 2.45) is 7.05 Å². The monoisotopic (exact) mass is 223 g/mol. The summed E-state index contributed by atoms with van der Waals surface area (Å²) in [6.45, 7) is 2.18. The molecule has 0 aliphatic heterocycles. The summed E-state index contributed by atoms with van der Waals surface area (Å²) in [6.07, 6.45) is 4.13. The minimum absolute atomic E-state index is 1.23. The average molecular weight is 223 g/mol. The minimum atomic E-state index is 1.23. The highest BCUT2D eigenvalue weighted by atomic mass is 15.4. The van der Waals surface area contributed by atoms with E-state index in [-0.39, 0.29) is 0 Å². The van der Waals surface area contributed by atoms with E-state index in [1.54, 1.807) is 0 Å². The summed E-state index contributed by atoms with van der Waals surface area (Å²) in [6, 6.07) is 14.9. The van der Waals surface area contributed by atoms with Gasteiger partial charge >= 0.3 is 0 Å². The Morgan fingerprint density at radius 2 is 1.82 bits per heavy atom. The third-order valence-corrected chi connectivity index (χ3v) is 3.29. The summed E-state index contributed by atoms with van der Waals surface area (Å²) in [5.41, 5.74) is 2.55.